The van der Waals surface area contributed by atoms with Crippen molar-refractivity contribution in [3.63, 3.8) is 0 Å². The molecular formula is C14H10BrCl2FO. The van der Waals surface area contributed by atoms with Crippen LogP contribution in [0.15, 0.2) is 36.4 Å². The second kappa shape index (κ2) is 6.60. The van der Waals surface area contributed by atoms with Gasteiger partial charge in [-0.3, -0.25) is 0 Å². The molecule has 0 aromatic heterocycles. The Morgan fingerprint density at radius 2 is 1.89 bits per heavy atom. The maximum Gasteiger partial charge on any atom is 0.138 e. The monoisotopic (exact) mass is 362 g/mol. The predicted molar refractivity (Wildman–Crippen MR) is 79.8 cm³/mol. The minimum absolute atomic E-state index is 0.108. The third-order valence-corrected chi connectivity index (χ3v) is 3.73. The number of alkyl halides is 1. The summed E-state index contributed by atoms with van der Waals surface area (Å²) in [5.41, 5.74) is 1.49. The van der Waals surface area contributed by atoms with Gasteiger partial charge in [0.25, 0.3) is 0 Å². The highest BCUT2D eigenvalue weighted by atomic mass is 79.9. The van der Waals surface area contributed by atoms with Crippen molar-refractivity contribution in [3.05, 3.63) is 63.4 Å². The summed E-state index contributed by atoms with van der Waals surface area (Å²) in [5, 5.41) is 1.59. The largest absolute Gasteiger partial charge is 0.487 e. The number of hydrogen-bond donors (Lipinski definition) is 0. The molecule has 0 aliphatic rings. The van der Waals surface area contributed by atoms with E-state index in [4.69, 9.17) is 27.9 Å². The van der Waals surface area contributed by atoms with E-state index in [1.807, 2.05) is 12.1 Å². The molecule has 19 heavy (non-hydrogen) atoms. The molecule has 0 aliphatic carbocycles. The topological polar surface area (TPSA) is 9.23 Å². The van der Waals surface area contributed by atoms with Crippen molar-refractivity contribution in [2.75, 3.05) is 0 Å². The number of halogens is 4. The van der Waals surface area contributed by atoms with Gasteiger partial charge in [0.05, 0.1) is 5.02 Å². The van der Waals surface area contributed by atoms with Gasteiger partial charge in [0, 0.05) is 15.9 Å². The fraction of sp³-hybridized carbons (Fsp3) is 0.143. The van der Waals surface area contributed by atoms with Crippen molar-refractivity contribution in [1.29, 1.82) is 0 Å². The van der Waals surface area contributed by atoms with Crippen molar-refractivity contribution in [3.8, 4) is 5.75 Å². The maximum absolute atomic E-state index is 13.6. The van der Waals surface area contributed by atoms with Gasteiger partial charge in [-0.15, -0.1) is 0 Å². The molecule has 100 valence electrons. The normalized spacial score (nSPS) is 10.5. The lowest BCUT2D eigenvalue weighted by molar-refractivity contribution is 0.300. The van der Waals surface area contributed by atoms with E-state index in [0.717, 1.165) is 10.9 Å². The second-order valence-electron chi connectivity index (χ2n) is 3.92. The molecule has 0 N–H and O–H groups in total. The van der Waals surface area contributed by atoms with E-state index >= 15 is 0 Å². The molecule has 0 aliphatic heterocycles. The summed E-state index contributed by atoms with van der Waals surface area (Å²) in [4.78, 5) is 0. The Balaban J connectivity index is 2.10. The van der Waals surface area contributed by atoms with Crippen LogP contribution in [0.3, 0.4) is 0 Å². The SMILES string of the molecule is Fc1cc(Cl)ccc1COc1ccc(CBr)cc1Cl. The highest BCUT2D eigenvalue weighted by molar-refractivity contribution is 9.08. The van der Waals surface area contributed by atoms with Gasteiger partial charge < -0.3 is 4.74 Å². The summed E-state index contributed by atoms with van der Waals surface area (Å²) >= 11 is 15.1. The molecule has 0 bridgehead atoms. The van der Waals surface area contributed by atoms with Crippen molar-refractivity contribution in [2.45, 2.75) is 11.9 Å². The minimum atomic E-state index is -0.388. The van der Waals surface area contributed by atoms with Crippen LogP contribution in [-0.2, 0) is 11.9 Å². The van der Waals surface area contributed by atoms with Crippen LogP contribution in [0.4, 0.5) is 4.39 Å². The molecule has 2 aromatic carbocycles. The van der Waals surface area contributed by atoms with Gasteiger partial charge in [-0.1, -0.05) is 51.3 Å². The number of rotatable bonds is 4. The first kappa shape index (κ1) is 14.6. The number of hydrogen-bond acceptors (Lipinski definition) is 1. The zero-order valence-corrected chi connectivity index (χ0v) is 12.9. The molecule has 1 nitrogen and oxygen atoms in total. The Morgan fingerprint density at radius 3 is 2.53 bits per heavy atom. The van der Waals surface area contributed by atoms with Crippen LogP contribution in [0.1, 0.15) is 11.1 Å². The van der Waals surface area contributed by atoms with Gasteiger partial charge in [-0.2, -0.15) is 0 Å². The van der Waals surface area contributed by atoms with Gasteiger partial charge in [-0.05, 0) is 29.8 Å². The van der Waals surface area contributed by atoms with Crippen LogP contribution >= 0.6 is 39.1 Å². The zero-order chi connectivity index (χ0) is 13.8. The molecule has 0 heterocycles. The van der Waals surface area contributed by atoms with Gasteiger partial charge in [0.1, 0.15) is 18.2 Å². The van der Waals surface area contributed by atoms with Crippen LogP contribution in [0, 0.1) is 5.82 Å². The molecule has 0 radical (unpaired) electrons. The van der Waals surface area contributed by atoms with E-state index in [1.54, 1.807) is 18.2 Å². The molecule has 0 atom stereocenters. The average Bonchev–Trinajstić information content (AvgIpc) is 2.39. The third-order valence-electron chi connectivity index (χ3n) is 2.55. The van der Waals surface area contributed by atoms with Gasteiger partial charge in [-0.25, -0.2) is 4.39 Å². The van der Waals surface area contributed by atoms with Crippen LogP contribution in [0.2, 0.25) is 10.0 Å². The lowest BCUT2D eigenvalue weighted by Crippen LogP contribution is -1.99. The summed E-state index contributed by atoms with van der Waals surface area (Å²) in [7, 11) is 0. The smallest absolute Gasteiger partial charge is 0.138 e. The molecule has 0 amide bonds. The first-order chi connectivity index (χ1) is 9.10. The van der Waals surface area contributed by atoms with Gasteiger partial charge in [0.2, 0.25) is 0 Å². The molecular weight excluding hydrogens is 354 g/mol. The van der Waals surface area contributed by atoms with Crippen LogP contribution < -0.4 is 4.74 Å². The molecule has 0 saturated heterocycles. The highest BCUT2D eigenvalue weighted by Gasteiger charge is 2.06. The van der Waals surface area contributed by atoms with Crippen molar-refractivity contribution in [1.82, 2.24) is 0 Å². The first-order valence-electron chi connectivity index (χ1n) is 5.51. The van der Waals surface area contributed by atoms with E-state index in [-0.39, 0.29) is 12.4 Å². The fourth-order valence-corrected chi connectivity index (χ4v) is 2.30. The quantitative estimate of drug-likeness (QED) is 0.642. The maximum atomic E-state index is 13.6. The summed E-state index contributed by atoms with van der Waals surface area (Å²) in [6, 6.07) is 9.96. The number of benzene rings is 2. The van der Waals surface area contributed by atoms with Crippen molar-refractivity contribution >= 4 is 39.1 Å². The summed E-state index contributed by atoms with van der Waals surface area (Å²) in [5.74, 6) is 0.140. The zero-order valence-electron chi connectivity index (χ0n) is 9.80. The summed E-state index contributed by atoms with van der Waals surface area (Å²) < 4.78 is 19.1. The summed E-state index contributed by atoms with van der Waals surface area (Å²) in [6.45, 7) is 0.108. The Kier molecular flexibility index (Phi) is 5.08. The first-order valence-corrected chi connectivity index (χ1v) is 7.39. The molecule has 2 rings (SSSR count). The lowest BCUT2D eigenvalue weighted by Gasteiger charge is -2.09. The number of ether oxygens (including phenoxy) is 1. The molecule has 0 unspecified atom stereocenters. The van der Waals surface area contributed by atoms with Crippen LogP contribution in [-0.4, -0.2) is 0 Å². The van der Waals surface area contributed by atoms with E-state index in [1.165, 1.54) is 6.07 Å². The third kappa shape index (κ3) is 3.85. The molecule has 0 saturated carbocycles. The molecule has 0 fully saturated rings. The Hall–Kier alpha value is -0.770. The molecule has 5 heteroatoms. The fourth-order valence-electron chi connectivity index (χ4n) is 1.54. The molecule has 2 aromatic rings. The van der Waals surface area contributed by atoms with Crippen molar-refractivity contribution < 1.29 is 9.13 Å². The Morgan fingerprint density at radius 1 is 1.11 bits per heavy atom. The summed E-state index contributed by atoms with van der Waals surface area (Å²) in [6.07, 6.45) is 0. The van der Waals surface area contributed by atoms with Gasteiger partial charge in [0.15, 0.2) is 0 Å². The van der Waals surface area contributed by atoms with E-state index < -0.39 is 0 Å². The van der Waals surface area contributed by atoms with Crippen LogP contribution in [0.5, 0.6) is 5.75 Å². The Bertz CT molecular complexity index is 590. The second-order valence-corrected chi connectivity index (χ2v) is 5.33. The molecule has 0 spiro atoms. The predicted octanol–water partition coefficient (Wildman–Crippen LogP) is 5.61. The van der Waals surface area contributed by atoms with Gasteiger partial charge >= 0.3 is 0 Å². The van der Waals surface area contributed by atoms with Crippen LogP contribution in [0.25, 0.3) is 0 Å². The van der Waals surface area contributed by atoms with E-state index in [0.29, 0.717) is 21.4 Å². The van der Waals surface area contributed by atoms with E-state index in [2.05, 4.69) is 15.9 Å². The minimum Gasteiger partial charge on any atom is -0.487 e. The Labute approximate surface area is 129 Å². The average molecular weight is 364 g/mol. The standard InChI is InChI=1S/C14H10BrCl2FO/c15-7-9-1-4-14(12(17)5-9)19-8-10-2-3-11(16)6-13(10)18/h1-6H,7-8H2. The van der Waals surface area contributed by atoms with Crippen molar-refractivity contribution in [2.24, 2.45) is 0 Å². The lowest BCUT2D eigenvalue weighted by atomic mass is 10.2. The van der Waals surface area contributed by atoms with E-state index in [9.17, 15) is 4.39 Å². The highest BCUT2D eigenvalue weighted by Crippen LogP contribution is 2.27.